The molecule has 1 unspecified atom stereocenters. The summed E-state index contributed by atoms with van der Waals surface area (Å²) in [4.78, 5) is 4.31. The van der Waals surface area contributed by atoms with Gasteiger partial charge >= 0.3 is 0 Å². The highest BCUT2D eigenvalue weighted by atomic mass is 19.1. The van der Waals surface area contributed by atoms with Gasteiger partial charge in [-0.1, -0.05) is 19.1 Å². The second-order valence-corrected chi connectivity index (χ2v) is 4.60. The molecule has 1 aliphatic heterocycles. The van der Waals surface area contributed by atoms with Gasteiger partial charge in [-0.25, -0.2) is 4.39 Å². The summed E-state index contributed by atoms with van der Waals surface area (Å²) in [5.74, 6) is -0.231. The molecule has 0 saturated heterocycles. The predicted octanol–water partition coefficient (Wildman–Crippen LogP) is 2.76. The summed E-state index contributed by atoms with van der Waals surface area (Å²) < 4.78 is 13.4. The molecule has 1 aromatic carbocycles. The third kappa shape index (κ3) is 2.79. The third-order valence-electron chi connectivity index (χ3n) is 3.32. The van der Waals surface area contributed by atoms with E-state index in [1.54, 1.807) is 6.07 Å². The van der Waals surface area contributed by atoms with Crippen LogP contribution in [0, 0.1) is 5.82 Å². The molecule has 1 aromatic rings. The molecule has 0 radical (unpaired) electrons. The summed E-state index contributed by atoms with van der Waals surface area (Å²) in [7, 11) is 2.05. The second kappa shape index (κ2) is 5.89. The van der Waals surface area contributed by atoms with E-state index in [0.717, 1.165) is 17.7 Å². The van der Waals surface area contributed by atoms with Gasteiger partial charge in [0.15, 0.2) is 0 Å². The van der Waals surface area contributed by atoms with E-state index in [-0.39, 0.29) is 12.0 Å². The highest BCUT2D eigenvalue weighted by Crippen LogP contribution is 2.30. The van der Waals surface area contributed by atoms with Crippen LogP contribution >= 0.6 is 0 Å². The Bertz CT molecular complexity index is 496. The minimum absolute atomic E-state index is 0.231. The molecule has 0 spiro atoms. The van der Waals surface area contributed by atoms with Gasteiger partial charge < -0.3 is 15.5 Å². The van der Waals surface area contributed by atoms with E-state index in [1.807, 2.05) is 37.7 Å². The first-order chi connectivity index (χ1) is 9.17. The molecule has 0 amide bonds. The van der Waals surface area contributed by atoms with Gasteiger partial charge in [-0.2, -0.15) is 0 Å². The maximum atomic E-state index is 13.4. The lowest BCUT2D eigenvalue weighted by atomic mass is 10.1. The Kier molecular flexibility index (Phi) is 4.22. The maximum absolute atomic E-state index is 13.4. The fraction of sp³-hybridized carbons (Fsp3) is 0.333. The van der Waals surface area contributed by atoms with Crippen LogP contribution in [0.5, 0.6) is 0 Å². The number of hydrogen-bond acceptors (Lipinski definition) is 3. The molecule has 3 nitrogen and oxygen atoms in total. The monoisotopic (exact) mass is 261 g/mol. The van der Waals surface area contributed by atoms with Crippen molar-refractivity contribution in [3.8, 4) is 0 Å². The summed E-state index contributed by atoms with van der Waals surface area (Å²) >= 11 is 0. The Hall–Kier alpha value is -1.81. The lowest BCUT2D eigenvalue weighted by Gasteiger charge is -2.30. The summed E-state index contributed by atoms with van der Waals surface area (Å²) in [6.45, 7) is 2.59. The van der Waals surface area contributed by atoms with Gasteiger partial charge in [-0.3, -0.25) is 0 Å². The van der Waals surface area contributed by atoms with Crippen molar-refractivity contribution in [3.05, 3.63) is 48.1 Å². The molecule has 2 rings (SSSR count). The van der Waals surface area contributed by atoms with Crippen molar-refractivity contribution >= 4 is 11.8 Å². The normalized spacial score (nSPS) is 18.8. The van der Waals surface area contributed by atoms with Gasteiger partial charge in [0.05, 0.1) is 0 Å². The van der Waals surface area contributed by atoms with E-state index in [9.17, 15) is 4.39 Å². The highest BCUT2D eigenvalue weighted by Gasteiger charge is 2.24. The fourth-order valence-electron chi connectivity index (χ4n) is 2.39. The van der Waals surface area contributed by atoms with Gasteiger partial charge in [0, 0.05) is 37.2 Å². The van der Waals surface area contributed by atoms with Gasteiger partial charge in [-0.15, -0.1) is 0 Å². The van der Waals surface area contributed by atoms with Crippen molar-refractivity contribution < 1.29 is 4.39 Å². The molecule has 1 heterocycles. The second-order valence-electron chi connectivity index (χ2n) is 4.60. The quantitative estimate of drug-likeness (QED) is 0.904. The molecule has 0 aliphatic carbocycles. The molecule has 0 bridgehead atoms. The van der Waals surface area contributed by atoms with E-state index >= 15 is 0 Å². The molecule has 0 fully saturated rings. The van der Waals surface area contributed by atoms with Gasteiger partial charge in [0.1, 0.15) is 12.0 Å². The van der Waals surface area contributed by atoms with E-state index in [0.29, 0.717) is 6.54 Å². The van der Waals surface area contributed by atoms with Crippen molar-refractivity contribution in [1.29, 1.82) is 0 Å². The molecular formula is C15H20FN3. The molecule has 2 N–H and O–H groups in total. The van der Waals surface area contributed by atoms with Gasteiger partial charge in [0.2, 0.25) is 0 Å². The van der Waals surface area contributed by atoms with Gasteiger partial charge in [0.25, 0.3) is 0 Å². The van der Waals surface area contributed by atoms with Crippen LogP contribution in [-0.2, 0) is 0 Å². The topological polar surface area (TPSA) is 32.5 Å². The fourth-order valence-corrected chi connectivity index (χ4v) is 2.39. The summed E-state index contributed by atoms with van der Waals surface area (Å²) in [6, 6.07) is 4.85. The maximum Gasteiger partial charge on any atom is 0.123 e. The minimum atomic E-state index is -0.231. The molecular weight excluding hydrogens is 241 g/mol. The average molecular weight is 261 g/mol. The van der Waals surface area contributed by atoms with Crippen molar-refractivity contribution in [2.75, 3.05) is 18.5 Å². The third-order valence-corrected chi connectivity index (χ3v) is 3.32. The van der Waals surface area contributed by atoms with Crippen LogP contribution in [0.4, 0.5) is 10.1 Å². The van der Waals surface area contributed by atoms with Crippen molar-refractivity contribution in [3.63, 3.8) is 0 Å². The largest absolute Gasteiger partial charge is 0.359 e. The molecule has 102 valence electrons. The lowest BCUT2D eigenvalue weighted by molar-refractivity contribution is 0.349. The number of nitrogens with two attached hydrogens (primary N) is 1. The van der Waals surface area contributed by atoms with E-state index in [1.165, 1.54) is 6.07 Å². The van der Waals surface area contributed by atoms with Crippen LogP contribution in [0.1, 0.15) is 18.9 Å². The highest BCUT2D eigenvalue weighted by molar-refractivity contribution is 5.69. The van der Waals surface area contributed by atoms with Crippen LogP contribution in [0.15, 0.2) is 36.7 Å². The van der Waals surface area contributed by atoms with E-state index in [4.69, 9.17) is 5.73 Å². The Labute approximate surface area is 113 Å². The zero-order chi connectivity index (χ0) is 13.8. The van der Waals surface area contributed by atoms with Crippen LogP contribution in [0.3, 0.4) is 0 Å². The van der Waals surface area contributed by atoms with Crippen LogP contribution in [0.25, 0.3) is 6.08 Å². The van der Waals surface area contributed by atoms with Crippen molar-refractivity contribution in [2.45, 2.75) is 19.5 Å². The van der Waals surface area contributed by atoms with Crippen LogP contribution < -0.4 is 10.6 Å². The summed E-state index contributed by atoms with van der Waals surface area (Å²) in [5.41, 5.74) is 7.33. The van der Waals surface area contributed by atoms with Crippen LogP contribution in [-0.4, -0.2) is 24.7 Å². The Balaban J connectivity index is 2.39. The number of rotatable bonds is 4. The summed E-state index contributed by atoms with van der Waals surface area (Å²) in [6.07, 6.45) is 9.03. The first-order valence-electron chi connectivity index (χ1n) is 6.52. The number of hydrogen-bond donors (Lipinski definition) is 1. The summed E-state index contributed by atoms with van der Waals surface area (Å²) in [5, 5.41) is 0. The minimum Gasteiger partial charge on any atom is -0.359 e. The number of nitrogens with zero attached hydrogens (tertiary/aromatic N) is 2. The lowest BCUT2D eigenvalue weighted by Crippen LogP contribution is -2.36. The first kappa shape index (κ1) is 13.6. The standard InChI is InChI=1S/C15H20FN3/c1-3-15-18(2)9-10-19(15)14-7-6-13(16)11-12(14)5-4-8-17/h4-7,9-11,15H,3,8,17H2,1-2H3/b5-4+. The number of benzene rings is 1. The van der Waals surface area contributed by atoms with E-state index < -0.39 is 0 Å². The molecule has 1 aliphatic rings. The van der Waals surface area contributed by atoms with Gasteiger partial charge in [-0.05, 0) is 24.6 Å². The Morgan fingerprint density at radius 3 is 2.84 bits per heavy atom. The molecule has 1 atom stereocenters. The number of anilines is 1. The molecule has 19 heavy (non-hydrogen) atoms. The Morgan fingerprint density at radius 2 is 2.16 bits per heavy atom. The predicted molar refractivity (Wildman–Crippen MR) is 77.9 cm³/mol. The molecule has 0 aromatic heterocycles. The van der Waals surface area contributed by atoms with Crippen molar-refractivity contribution in [1.82, 2.24) is 4.90 Å². The average Bonchev–Trinajstić information content (AvgIpc) is 2.77. The Morgan fingerprint density at radius 1 is 1.37 bits per heavy atom. The SMILES string of the molecule is CCC1N(C)C=CN1c1ccc(F)cc1/C=C/CN. The molecule has 0 saturated carbocycles. The first-order valence-corrected chi connectivity index (χ1v) is 6.52. The van der Waals surface area contributed by atoms with E-state index in [2.05, 4.69) is 16.7 Å². The smallest absolute Gasteiger partial charge is 0.123 e. The number of halogens is 1. The zero-order valence-corrected chi connectivity index (χ0v) is 11.4. The van der Waals surface area contributed by atoms with Crippen molar-refractivity contribution in [2.24, 2.45) is 5.73 Å². The zero-order valence-electron chi connectivity index (χ0n) is 11.4. The van der Waals surface area contributed by atoms with Crippen LogP contribution in [0.2, 0.25) is 0 Å². The molecule has 4 heteroatoms.